The van der Waals surface area contributed by atoms with E-state index in [1.54, 1.807) is 40.8 Å². The van der Waals surface area contributed by atoms with Crippen LogP contribution in [-0.4, -0.2) is 46.5 Å². The first-order valence-corrected chi connectivity index (χ1v) is 10.4. The Hall–Kier alpha value is -2.42. The molecule has 1 amide bonds. The number of aryl methyl sites for hydroxylation is 1. The van der Waals surface area contributed by atoms with Crippen LogP contribution in [0.15, 0.2) is 18.3 Å². The number of unbranched alkanes of at least 4 members (excludes halogenated alkanes) is 1. The van der Waals surface area contributed by atoms with Crippen LogP contribution in [0.4, 0.5) is 10.6 Å². The summed E-state index contributed by atoms with van der Waals surface area (Å²) in [4.78, 5) is 28.0. The van der Waals surface area contributed by atoms with E-state index >= 15 is 0 Å². The molecule has 0 atom stereocenters. The number of nitrogens with one attached hydrogen (secondary N) is 3. The van der Waals surface area contributed by atoms with Crippen LogP contribution < -0.4 is 16.0 Å². The molecule has 1 aromatic rings. The van der Waals surface area contributed by atoms with E-state index in [1.165, 1.54) is 0 Å². The maximum absolute atomic E-state index is 12.1. The highest BCUT2D eigenvalue weighted by Gasteiger charge is 2.25. The first-order chi connectivity index (χ1) is 13.9. The standard InChI is InChI=1S/C21H34N4O4S/c1-15-10-12-22-16(13-15)25-18(30)23-11-8-7-9-17(26)28-21(5,6)14-24-19(27)29-20(2,3)4/h10,12-13H,7-9,11,14H2,1-6H3,(H,24,27)(H2,22,23,25,30). The molecule has 0 saturated carbocycles. The molecule has 30 heavy (non-hydrogen) atoms. The van der Waals surface area contributed by atoms with E-state index < -0.39 is 17.3 Å². The normalized spacial score (nSPS) is 11.4. The van der Waals surface area contributed by atoms with Crippen LogP contribution in [0.3, 0.4) is 0 Å². The first kappa shape index (κ1) is 25.6. The number of anilines is 1. The molecule has 0 spiro atoms. The molecule has 1 heterocycles. The van der Waals surface area contributed by atoms with Gasteiger partial charge in [0, 0.05) is 19.2 Å². The first-order valence-electron chi connectivity index (χ1n) is 10.0. The average Bonchev–Trinajstić information content (AvgIpc) is 2.58. The van der Waals surface area contributed by atoms with E-state index in [-0.39, 0.29) is 18.9 Å². The summed E-state index contributed by atoms with van der Waals surface area (Å²) < 4.78 is 10.6. The number of carbonyl (C=O) groups excluding carboxylic acids is 2. The van der Waals surface area contributed by atoms with Gasteiger partial charge in [-0.25, -0.2) is 9.78 Å². The molecular weight excluding hydrogens is 404 g/mol. The van der Waals surface area contributed by atoms with Gasteiger partial charge >= 0.3 is 12.1 Å². The highest BCUT2D eigenvalue weighted by atomic mass is 32.1. The summed E-state index contributed by atoms with van der Waals surface area (Å²) in [7, 11) is 0. The Morgan fingerprint density at radius 3 is 2.43 bits per heavy atom. The number of rotatable bonds is 9. The molecule has 0 unspecified atom stereocenters. The molecule has 3 N–H and O–H groups in total. The van der Waals surface area contributed by atoms with Crippen molar-refractivity contribution in [3.8, 4) is 0 Å². The van der Waals surface area contributed by atoms with Crippen LogP contribution in [0.5, 0.6) is 0 Å². The smallest absolute Gasteiger partial charge is 0.407 e. The number of alkyl carbamates (subject to hydrolysis) is 1. The van der Waals surface area contributed by atoms with Crippen LogP contribution in [-0.2, 0) is 14.3 Å². The lowest BCUT2D eigenvalue weighted by atomic mass is 10.1. The van der Waals surface area contributed by atoms with Crippen molar-refractivity contribution in [2.45, 2.75) is 72.0 Å². The number of carbonyl (C=O) groups is 2. The Labute approximate surface area is 184 Å². The summed E-state index contributed by atoms with van der Waals surface area (Å²) in [6.45, 7) is 11.6. The number of hydrogen-bond acceptors (Lipinski definition) is 6. The number of nitrogens with zero attached hydrogens (tertiary/aromatic N) is 1. The van der Waals surface area contributed by atoms with Crippen LogP contribution in [0.2, 0.25) is 0 Å². The fourth-order valence-electron chi connectivity index (χ4n) is 2.36. The van der Waals surface area contributed by atoms with Gasteiger partial charge in [-0.2, -0.15) is 0 Å². The lowest BCUT2D eigenvalue weighted by Crippen LogP contribution is -2.43. The van der Waals surface area contributed by atoms with E-state index in [4.69, 9.17) is 21.7 Å². The quantitative estimate of drug-likeness (QED) is 0.305. The molecule has 1 aromatic heterocycles. The Kier molecular flexibility index (Phi) is 9.98. The molecule has 0 radical (unpaired) electrons. The number of amides is 1. The monoisotopic (exact) mass is 438 g/mol. The number of pyridine rings is 1. The molecule has 1 rings (SSSR count). The zero-order valence-corrected chi connectivity index (χ0v) is 19.6. The molecule has 0 aliphatic carbocycles. The number of aromatic nitrogens is 1. The third-order valence-electron chi connectivity index (χ3n) is 3.70. The van der Waals surface area contributed by atoms with Gasteiger partial charge in [-0.15, -0.1) is 0 Å². The molecule has 0 bridgehead atoms. The second-order valence-electron chi connectivity index (χ2n) is 8.65. The second kappa shape index (κ2) is 11.7. The summed E-state index contributed by atoms with van der Waals surface area (Å²) in [6, 6.07) is 3.82. The van der Waals surface area contributed by atoms with Crippen LogP contribution in [0, 0.1) is 6.92 Å². The summed E-state index contributed by atoms with van der Waals surface area (Å²) in [5.41, 5.74) is -0.302. The SMILES string of the molecule is Cc1ccnc(NC(=S)NCCCCC(=O)OC(C)(C)CNC(=O)OC(C)(C)C)c1. The minimum Gasteiger partial charge on any atom is -0.458 e. The summed E-state index contributed by atoms with van der Waals surface area (Å²) >= 11 is 5.24. The third-order valence-corrected chi connectivity index (χ3v) is 3.94. The molecular formula is C21H34N4O4S. The molecule has 8 nitrogen and oxygen atoms in total. The van der Waals surface area contributed by atoms with Crippen molar-refractivity contribution in [1.82, 2.24) is 15.6 Å². The van der Waals surface area contributed by atoms with Crippen molar-refractivity contribution in [2.24, 2.45) is 0 Å². The summed E-state index contributed by atoms with van der Waals surface area (Å²) in [5, 5.41) is 9.23. The fraction of sp³-hybridized carbons (Fsp3) is 0.619. The highest BCUT2D eigenvalue weighted by Crippen LogP contribution is 2.12. The zero-order chi connectivity index (χ0) is 22.8. The Morgan fingerprint density at radius 2 is 1.80 bits per heavy atom. The van der Waals surface area contributed by atoms with E-state index in [0.29, 0.717) is 23.9 Å². The Bertz CT molecular complexity index is 732. The van der Waals surface area contributed by atoms with Crippen LogP contribution in [0.1, 0.15) is 59.4 Å². The molecule has 0 fully saturated rings. The maximum Gasteiger partial charge on any atom is 0.407 e. The predicted octanol–water partition coefficient (Wildman–Crippen LogP) is 3.69. The maximum atomic E-state index is 12.1. The van der Waals surface area contributed by atoms with Gasteiger partial charge in [-0.3, -0.25) is 4.79 Å². The van der Waals surface area contributed by atoms with Crippen molar-refractivity contribution in [2.75, 3.05) is 18.4 Å². The Balaban J connectivity index is 2.19. The van der Waals surface area contributed by atoms with Crippen LogP contribution >= 0.6 is 12.2 Å². The van der Waals surface area contributed by atoms with Crippen LogP contribution in [0.25, 0.3) is 0 Å². The number of ether oxygens (including phenoxy) is 2. The van der Waals surface area contributed by atoms with Crippen molar-refractivity contribution in [1.29, 1.82) is 0 Å². The lowest BCUT2D eigenvalue weighted by Gasteiger charge is -2.26. The fourth-order valence-corrected chi connectivity index (χ4v) is 2.56. The van der Waals surface area contributed by atoms with Crippen molar-refractivity contribution in [3.63, 3.8) is 0 Å². The molecule has 0 aromatic carbocycles. The van der Waals surface area contributed by atoms with E-state index in [9.17, 15) is 9.59 Å². The third kappa shape index (κ3) is 12.2. The van der Waals surface area contributed by atoms with Crippen molar-refractivity contribution < 1.29 is 19.1 Å². The molecule has 0 aliphatic rings. The molecule has 168 valence electrons. The van der Waals surface area contributed by atoms with Crippen molar-refractivity contribution in [3.05, 3.63) is 23.9 Å². The van der Waals surface area contributed by atoms with Gasteiger partial charge in [0.1, 0.15) is 17.0 Å². The van der Waals surface area contributed by atoms with Gasteiger partial charge in [-0.05, 0) is 84.3 Å². The minimum atomic E-state index is -0.821. The largest absolute Gasteiger partial charge is 0.458 e. The van der Waals surface area contributed by atoms with Gasteiger partial charge < -0.3 is 25.4 Å². The van der Waals surface area contributed by atoms with Crippen molar-refractivity contribution >= 4 is 35.2 Å². The number of esters is 1. The topological polar surface area (TPSA) is 102 Å². The zero-order valence-electron chi connectivity index (χ0n) is 18.8. The van der Waals surface area contributed by atoms with Gasteiger partial charge in [0.15, 0.2) is 5.11 Å². The Morgan fingerprint density at radius 1 is 1.10 bits per heavy atom. The minimum absolute atomic E-state index is 0.169. The molecule has 9 heteroatoms. The van der Waals surface area contributed by atoms with Gasteiger partial charge in [0.05, 0.1) is 6.54 Å². The predicted molar refractivity (Wildman–Crippen MR) is 121 cm³/mol. The number of hydrogen-bond donors (Lipinski definition) is 3. The van der Waals surface area contributed by atoms with Gasteiger partial charge in [-0.1, -0.05) is 0 Å². The van der Waals surface area contributed by atoms with Gasteiger partial charge in [0.2, 0.25) is 0 Å². The van der Waals surface area contributed by atoms with E-state index in [0.717, 1.165) is 12.0 Å². The van der Waals surface area contributed by atoms with Gasteiger partial charge in [0.25, 0.3) is 0 Å². The lowest BCUT2D eigenvalue weighted by molar-refractivity contribution is -0.156. The number of thiocarbonyl (C=S) groups is 1. The molecule has 0 aliphatic heterocycles. The average molecular weight is 439 g/mol. The van der Waals surface area contributed by atoms with E-state index in [1.807, 2.05) is 19.1 Å². The summed E-state index contributed by atoms with van der Waals surface area (Å²) in [6.07, 6.45) is 2.89. The highest BCUT2D eigenvalue weighted by molar-refractivity contribution is 7.80. The molecule has 0 saturated heterocycles. The summed E-state index contributed by atoms with van der Waals surface area (Å²) in [5.74, 6) is 0.383. The van der Waals surface area contributed by atoms with E-state index in [2.05, 4.69) is 20.9 Å². The second-order valence-corrected chi connectivity index (χ2v) is 9.05.